The standard InChI is InChI=1S/C56H36N2/c1-3-15-45-37(11-1)13-9-19-47(45)39-22-26-41(27-23-39)55-49-17-5-6-18-50(49)56(42-28-24-40(25-29-42)48-20-10-14-38-12-2-4-16-46(38)48)52-35-43(30-32-51(52)55)44-31-33-54(58-36-44)53-21-7-8-34-57-53/h1-36H. The van der Waals surface area contributed by atoms with E-state index in [-0.39, 0.29) is 0 Å². The van der Waals surface area contributed by atoms with Gasteiger partial charge in [0.1, 0.15) is 0 Å². The summed E-state index contributed by atoms with van der Waals surface area (Å²) < 4.78 is 0. The summed E-state index contributed by atoms with van der Waals surface area (Å²) >= 11 is 0. The lowest BCUT2D eigenvalue weighted by atomic mass is 9.84. The first-order valence-electron chi connectivity index (χ1n) is 19.8. The van der Waals surface area contributed by atoms with E-state index in [2.05, 4.69) is 193 Å². The molecule has 0 saturated carbocycles. The molecule has 58 heavy (non-hydrogen) atoms. The van der Waals surface area contributed by atoms with Crippen molar-refractivity contribution in [3.63, 3.8) is 0 Å². The number of nitrogens with zero attached hydrogens (tertiary/aromatic N) is 2. The van der Waals surface area contributed by atoms with E-state index >= 15 is 0 Å². The quantitative estimate of drug-likeness (QED) is 0.159. The van der Waals surface area contributed by atoms with Crippen molar-refractivity contribution >= 4 is 43.1 Å². The fraction of sp³-hybridized carbons (Fsp3) is 0. The van der Waals surface area contributed by atoms with Crippen molar-refractivity contribution in [3.05, 3.63) is 219 Å². The molecule has 11 rings (SSSR count). The van der Waals surface area contributed by atoms with Crippen LogP contribution in [0.25, 0.3) is 110 Å². The number of aromatic nitrogens is 2. The smallest absolute Gasteiger partial charge is 0.0886 e. The summed E-state index contributed by atoms with van der Waals surface area (Å²) in [6, 6.07) is 74.6. The molecule has 0 aliphatic rings. The van der Waals surface area contributed by atoms with Crippen LogP contribution in [0.1, 0.15) is 0 Å². The number of rotatable bonds is 6. The largest absolute Gasteiger partial charge is 0.255 e. The second-order valence-electron chi connectivity index (χ2n) is 14.9. The molecule has 0 N–H and O–H groups in total. The van der Waals surface area contributed by atoms with Crippen LogP contribution in [0.3, 0.4) is 0 Å². The molecule has 0 atom stereocenters. The van der Waals surface area contributed by atoms with Gasteiger partial charge < -0.3 is 0 Å². The van der Waals surface area contributed by atoms with E-state index in [4.69, 9.17) is 4.98 Å². The van der Waals surface area contributed by atoms with Crippen LogP contribution >= 0.6 is 0 Å². The molecule has 2 aromatic heterocycles. The van der Waals surface area contributed by atoms with Crippen LogP contribution < -0.4 is 0 Å². The molecule has 9 aromatic carbocycles. The molecule has 270 valence electrons. The highest BCUT2D eigenvalue weighted by atomic mass is 14.8. The number of hydrogen-bond acceptors (Lipinski definition) is 2. The summed E-state index contributed by atoms with van der Waals surface area (Å²) in [6.45, 7) is 0. The average Bonchev–Trinajstić information content (AvgIpc) is 3.31. The van der Waals surface area contributed by atoms with Crippen LogP contribution in [0.2, 0.25) is 0 Å². The van der Waals surface area contributed by atoms with Gasteiger partial charge in [0.15, 0.2) is 0 Å². The van der Waals surface area contributed by atoms with Crippen LogP contribution in [0, 0.1) is 0 Å². The highest BCUT2D eigenvalue weighted by Crippen LogP contribution is 2.46. The Morgan fingerprint density at radius 3 is 1.26 bits per heavy atom. The molecule has 0 unspecified atom stereocenters. The third kappa shape index (κ3) is 5.82. The minimum Gasteiger partial charge on any atom is -0.255 e. The maximum absolute atomic E-state index is 4.85. The average molecular weight is 737 g/mol. The molecule has 0 aliphatic heterocycles. The first-order valence-corrected chi connectivity index (χ1v) is 19.8. The van der Waals surface area contributed by atoms with Gasteiger partial charge >= 0.3 is 0 Å². The van der Waals surface area contributed by atoms with Gasteiger partial charge in [-0.15, -0.1) is 0 Å². The molecule has 0 saturated heterocycles. The van der Waals surface area contributed by atoms with Crippen LogP contribution in [-0.4, -0.2) is 9.97 Å². The van der Waals surface area contributed by atoms with E-state index in [0.29, 0.717) is 0 Å². The van der Waals surface area contributed by atoms with E-state index < -0.39 is 0 Å². The molecule has 0 fully saturated rings. The zero-order chi connectivity index (χ0) is 38.4. The molecule has 0 spiro atoms. The first-order chi connectivity index (χ1) is 28.8. The van der Waals surface area contributed by atoms with Gasteiger partial charge in [-0.05, 0) is 117 Å². The molecule has 2 heteroatoms. The Kier molecular flexibility index (Phi) is 8.19. The van der Waals surface area contributed by atoms with Crippen LogP contribution in [0.5, 0.6) is 0 Å². The Hall–Kier alpha value is -7.68. The van der Waals surface area contributed by atoms with Crippen molar-refractivity contribution in [2.45, 2.75) is 0 Å². The molecule has 0 amide bonds. The monoisotopic (exact) mass is 736 g/mol. The number of hydrogen-bond donors (Lipinski definition) is 0. The highest BCUT2D eigenvalue weighted by Gasteiger charge is 2.18. The number of benzene rings is 9. The summed E-state index contributed by atoms with van der Waals surface area (Å²) in [6.07, 6.45) is 3.78. The topological polar surface area (TPSA) is 25.8 Å². The maximum Gasteiger partial charge on any atom is 0.0886 e. The fourth-order valence-electron chi connectivity index (χ4n) is 8.80. The zero-order valence-corrected chi connectivity index (χ0v) is 31.7. The van der Waals surface area contributed by atoms with E-state index in [9.17, 15) is 0 Å². The maximum atomic E-state index is 4.85. The van der Waals surface area contributed by atoms with Gasteiger partial charge in [-0.1, -0.05) is 182 Å². The van der Waals surface area contributed by atoms with Crippen molar-refractivity contribution in [2.24, 2.45) is 0 Å². The second-order valence-corrected chi connectivity index (χ2v) is 14.9. The zero-order valence-electron chi connectivity index (χ0n) is 31.7. The molecular formula is C56H36N2. The van der Waals surface area contributed by atoms with E-state index in [1.807, 2.05) is 30.6 Å². The molecule has 0 aliphatic carbocycles. The van der Waals surface area contributed by atoms with Gasteiger partial charge in [-0.2, -0.15) is 0 Å². The fourth-order valence-corrected chi connectivity index (χ4v) is 8.80. The Labute approximate surface area is 337 Å². The minimum atomic E-state index is 0.859. The molecule has 2 heterocycles. The lowest BCUT2D eigenvalue weighted by Gasteiger charge is -2.19. The highest BCUT2D eigenvalue weighted by molar-refractivity contribution is 6.22. The summed E-state index contributed by atoms with van der Waals surface area (Å²) in [5.41, 5.74) is 13.6. The Bertz CT molecular complexity index is 3280. The van der Waals surface area contributed by atoms with E-state index in [1.165, 1.54) is 87.6 Å². The van der Waals surface area contributed by atoms with Crippen molar-refractivity contribution in [3.8, 4) is 67.0 Å². The van der Waals surface area contributed by atoms with Gasteiger partial charge in [0.25, 0.3) is 0 Å². The normalized spacial score (nSPS) is 11.4. The van der Waals surface area contributed by atoms with Crippen LogP contribution in [0.15, 0.2) is 219 Å². The second kappa shape index (κ2) is 14.1. The van der Waals surface area contributed by atoms with Crippen molar-refractivity contribution in [1.82, 2.24) is 9.97 Å². The minimum absolute atomic E-state index is 0.859. The summed E-state index contributed by atoms with van der Waals surface area (Å²) in [5, 5.41) is 9.90. The number of fused-ring (bicyclic) bond motifs is 4. The summed E-state index contributed by atoms with van der Waals surface area (Å²) in [4.78, 5) is 9.37. The van der Waals surface area contributed by atoms with Crippen molar-refractivity contribution < 1.29 is 0 Å². The molecule has 2 nitrogen and oxygen atoms in total. The van der Waals surface area contributed by atoms with Gasteiger partial charge in [0, 0.05) is 18.0 Å². The molecule has 0 bridgehead atoms. The first kappa shape index (κ1) is 33.6. The van der Waals surface area contributed by atoms with Gasteiger partial charge in [0.05, 0.1) is 11.4 Å². The van der Waals surface area contributed by atoms with E-state index in [1.54, 1.807) is 0 Å². The van der Waals surface area contributed by atoms with Crippen molar-refractivity contribution in [2.75, 3.05) is 0 Å². The predicted molar refractivity (Wildman–Crippen MR) is 245 cm³/mol. The third-order valence-electron chi connectivity index (χ3n) is 11.6. The van der Waals surface area contributed by atoms with Gasteiger partial charge in [-0.3, -0.25) is 9.97 Å². The van der Waals surface area contributed by atoms with Gasteiger partial charge in [-0.25, -0.2) is 0 Å². The van der Waals surface area contributed by atoms with Crippen LogP contribution in [-0.2, 0) is 0 Å². The lowest BCUT2D eigenvalue weighted by molar-refractivity contribution is 1.25. The van der Waals surface area contributed by atoms with Crippen molar-refractivity contribution in [1.29, 1.82) is 0 Å². The Balaban J connectivity index is 1.10. The molecule has 0 radical (unpaired) electrons. The SMILES string of the molecule is c1ccc(-c2ccc(-c3ccc4c(-c5ccc(-c6cccc7ccccc67)cc5)c5ccccc5c(-c5ccc(-c6cccc7ccccc67)cc5)c4c3)cn2)nc1. The third-order valence-corrected chi connectivity index (χ3v) is 11.6. The molecular weight excluding hydrogens is 701 g/mol. The van der Waals surface area contributed by atoms with E-state index in [0.717, 1.165) is 22.5 Å². The summed E-state index contributed by atoms with van der Waals surface area (Å²) in [7, 11) is 0. The van der Waals surface area contributed by atoms with Gasteiger partial charge in [0.2, 0.25) is 0 Å². The van der Waals surface area contributed by atoms with Crippen LogP contribution in [0.4, 0.5) is 0 Å². The summed E-state index contributed by atoms with van der Waals surface area (Å²) in [5.74, 6) is 0. The Morgan fingerprint density at radius 2 is 0.707 bits per heavy atom. The predicted octanol–water partition coefficient (Wildman–Crippen LogP) is 15.1. The molecule has 11 aromatic rings. The lowest BCUT2D eigenvalue weighted by Crippen LogP contribution is -1.93. The Morgan fingerprint density at radius 1 is 0.259 bits per heavy atom. The number of pyridine rings is 2.